The molecule has 46 heavy (non-hydrogen) atoms. The molecule has 1 N–H and O–H groups in total. The molecule has 0 fully saturated rings. The van der Waals surface area contributed by atoms with Gasteiger partial charge in [0.2, 0.25) is 0 Å². The van der Waals surface area contributed by atoms with Crippen LogP contribution in [0.1, 0.15) is 0 Å². The van der Waals surface area contributed by atoms with Crippen LogP contribution in [0.5, 0.6) is 0 Å². The molecule has 8 aromatic carbocycles. The number of H-pyrrole nitrogens is 1. The summed E-state index contributed by atoms with van der Waals surface area (Å²) in [7, 11) is 1.22. The van der Waals surface area contributed by atoms with Gasteiger partial charge >= 0.3 is 0 Å². The van der Waals surface area contributed by atoms with Gasteiger partial charge in [0, 0.05) is 33.1 Å². The van der Waals surface area contributed by atoms with Crippen LogP contribution in [0.3, 0.4) is 0 Å². The molecule has 1 aromatic heterocycles. The van der Waals surface area contributed by atoms with Crippen molar-refractivity contribution >= 4 is 68.2 Å². The number of para-hydroxylation sites is 1. The van der Waals surface area contributed by atoms with Crippen molar-refractivity contribution in [1.29, 1.82) is 0 Å². The molecule has 0 amide bonds. The third kappa shape index (κ3) is 4.63. The summed E-state index contributed by atoms with van der Waals surface area (Å²) in [6, 6.07) is 61.3. The molecule has 1 heterocycles. The Hall–Kier alpha value is -5.69. The number of hydrogen-bond donors (Lipinski definition) is 1. The fourth-order valence-electron chi connectivity index (χ4n) is 6.68. The van der Waals surface area contributed by atoms with Crippen LogP contribution in [0, 0.1) is 0 Å². The highest BCUT2D eigenvalue weighted by molar-refractivity contribution is 7.41. The predicted molar refractivity (Wildman–Crippen MR) is 199 cm³/mol. The average Bonchev–Trinajstić information content (AvgIpc) is 3.57. The Balaban J connectivity index is 1.11. The van der Waals surface area contributed by atoms with Gasteiger partial charge in [-0.15, -0.1) is 0 Å². The highest BCUT2D eigenvalue weighted by Crippen LogP contribution is 2.42. The Morgan fingerprint density at radius 1 is 0.413 bits per heavy atom. The van der Waals surface area contributed by atoms with Gasteiger partial charge in [-0.25, -0.2) is 0 Å². The van der Waals surface area contributed by atoms with Crippen molar-refractivity contribution in [3.05, 3.63) is 170 Å². The summed E-state index contributed by atoms with van der Waals surface area (Å²) in [6.45, 7) is 0. The third-order valence-electron chi connectivity index (χ3n) is 8.96. The number of nitrogens with one attached hydrogen (secondary N) is 1. The lowest BCUT2D eigenvalue weighted by molar-refractivity contribution is 1.29. The first-order valence-electron chi connectivity index (χ1n) is 15.6. The lowest BCUT2D eigenvalue weighted by atomic mass is 9.97. The third-order valence-corrected chi connectivity index (χ3v) is 10.2. The minimum absolute atomic E-state index is 1.13. The van der Waals surface area contributed by atoms with Crippen LogP contribution in [0.2, 0.25) is 0 Å². The minimum Gasteiger partial charge on any atom is -0.350 e. The van der Waals surface area contributed by atoms with E-state index in [1.807, 2.05) is 0 Å². The maximum Gasteiger partial charge on any atom is 0.0740 e. The summed E-state index contributed by atoms with van der Waals surface area (Å²) in [5.41, 5.74) is 9.52. The Morgan fingerprint density at radius 3 is 1.87 bits per heavy atom. The van der Waals surface area contributed by atoms with Crippen molar-refractivity contribution in [2.45, 2.75) is 0 Å². The van der Waals surface area contributed by atoms with E-state index in [1.54, 1.807) is 0 Å². The van der Waals surface area contributed by atoms with Gasteiger partial charge in [-0.3, -0.25) is 0 Å². The van der Waals surface area contributed by atoms with E-state index in [0.29, 0.717) is 0 Å². The molecule has 0 radical (unpaired) electrons. The standard InChI is InChI=1S/C43H29N2P/c1-3-10-32(11-4-1)43-44-40-26-21-31-15-16-35-27-34(20-25-39(35)41(31)42(40)46-43)30-17-22-37(23-18-30)45(36-13-5-2-6-14-36)38-24-19-29-9-7-8-12-33(29)28-38/h1-28,44H. The fourth-order valence-corrected chi connectivity index (χ4v) is 7.97. The largest absolute Gasteiger partial charge is 0.350 e. The van der Waals surface area contributed by atoms with Crippen molar-refractivity contribution in [3.8, 4) is 22.1 Å². The number of aromatic nitrogens is 1. The molecule has 0 aliphatic heterocycles. The number of fused-ring (bicyclic) bond motifs is 6. The lowest BCUT2D eigenvalue weighted by Crippen LogP contribution is -2.09. The smallest absolute Gasteiger partial charge is 0.0740 e. The molecule has 0 aliphatic rings. The van der Waals surface area contributed by atoms with Gasteiger partial charge in [0.15, 0.2) is 0 Å². The van der Waals surface area contributed by atoms with Gasteiger partial charge in [-0.1, -0.05) is 121 Å². The van der Waals surface area contributed by atoms with E-state index >= 15 is 0 Å². The second-order valence-electron chi connectivity index (χ2n) is 11.8. The number of hydrogen-bond acceptors (Lipinski definition) is 1. The van der Waals surface area contributed by atoms with E-state index in [9.17, 15) is 0 Å². The van der Waals surface area contributed by atoms with Gasteiger partial charge in [-0.05, 0) is 94.8 Å². The fraction of sp³-hybridized carbons (Fsp3) is 0. The van der Waals surface area contributed by atoms with Crippen LogP contribution in [0.15, 0.2) is 170 Å². The molecular formula is C43H29N2P. The lowest BCUT2D eigenvalue weighted by Gasteiger charge is -2.26. The Kier molecular flexibility index (Phi) is 6.40. The molecule has 0 spiro atoms. The number of aromatic amines is 1. The summed E-state index contributed by atoms with van der Waals surface area (Å²) in [5.74, 6) is 0. The zero-order valence-electron chi connectivity index (χ0n) is 25.1. The van der Waals surface area contributed by atoms with E-state index in [2.05, 4.69) is 180 Å². The monoisotopic (exact) mass is 604 g/mol. The summed E-state index contributed by atoms with van der Waals surface area (Å²) in [6.07, 6.45) is 0. The zero-order chi connectivity index (χ0) is 30.5. The topological polar surface area (TPSA) is 19.0 Å². The second-order valence-corrected chi connectivity index (χ2v) is 12.9. The number of nitrogens with zero attached hydrogens (tertiary/aromatic N) is 1. The molecule has 0 saturated heterocycles. The minimum atomic E-state index is 1.13. The molecule has 9 aromatic rings. The first-order chi connectivity index (χ1) is 22.8. The van der Waals surface area contributed by atoms with Gasteiger partial charge < -0.3 is 9.88 Å². The zero-order valence-corrected chi connectivity index (χ0v) is 26.0. The van der Waals surface area contributed by atoms with Crippen molar-refractivity contribution in [2.75, 3.05) is 4.90 Å². The Morgan fingerprint density at radius 2 is 1.04 bits per heavy atom. The van der Waals surface area contributed by atoms with Gasteiger partial charge in [0.25, 0.3) is 0 Å². The first kappa shape index (κ1) is 26.7. The molecule has 2 nitrogen and oxygen atoms in total. The normalized spacial score (nSPS) is 11.7. The average molecular weight is 605 g/mol. The van der Waals surface area contributed by atoms with Crippen LogP contribution >= 0.6 is 8.19 Å². The Bertz CT molecular complexity index is 2520. The number of benzene rings is 8. The summed E-state index contributed by atoms with van der Waals surface area (Å²) in [4.78, 5) is 6.02. The van der Waals surface area contributed by atoms with Crippen molar-refractivity contribution < 1.29 is 0 Å². The maximum absolute atomic E-state index is 3.69. The summed E-state index contributed by atoms with van der Waals surface area (Å²) < 4.78 is 0. The van der Waals surface area contributed by atoms with E-state index in [1.165, 1.54) is 73.3 Å². The predicted octanol–water partition coefficient (Wildman–Crippen LogP) is 13.0. The van der Waals surface area contributed by atoms with Crippen LogP contribution in [0.25, 0.3) is 65.1 Å². The molecular weight excluding hydrogens is 575 g/mol. The molecule has 3 heteroatoms. The van der Waals surface area contributed by atoms with Crippen LogP contribution in [0.4, 0.5) is 17.1 Å². The Labute approximate surface area is 269 Å². The van der Waals surface area contributed by atoms with E-state index in [-0.39, 0.29) is 0 Å². The molecule has 0 saturated carbocycles. The SMILES string of the molecule is c1ccc(-c2[nH]c3ccc4ccc5cc(-c6ccc(N(c7ccccc7)c7ccc8ccccc8c7)cc6)ccc5c4c3p2)cc1. The van der Waals surface area contributed by atoms with Crippen molar-refractivity contribution in [3.63, 3.8) is 0 Å². The molecule has 9 rings (SSSR count). The van der Waals surface area contributed by atoms with Crippen molar-refractivity contribution in [2.24, 2.45) is 0 Å². The van der Waals surface area contributed by atoms with E-state index < -0.39 is 0 Å². The van der Waals surface area contributed by atoms with Gasteiger partial charge in [0.1, 0.15) is 0 Å². The van der Waals surface area contributed by atoms with Gasteiger partial charge in [-0.2, -0.15) is 0 Å². The molecule has 0 bridgehead atoms. The number of anilines is 3. The highest BCUT2D eigenvalue weighted by Gasteiger charge is 2.14. The van der Waals surface area contributed by atoms with Crippen molar-refractivity contribution in [1.82, 2.24) is 4.98 Å². The molecule has 216 valence electrons. The van der Waals surface area contributed by atoms with Crippen LogP contribution in [-0.4, -0.2) is 4.98 Å². The number of rotatable bonds is 5. The van der Waals surface area contributed by atoms with E-state index in [0.717, 1.165) is 17.1 Å². The first-order valence-corrected chi connectivity index (χ1v) is 16.5. The molecule has 0 atom stereocenters. The molecule has 0 unspecified atom stereocenters. The summed E-state index contributed by atoms with van der Waals surface area (Å²) in [5, 5.41) is 9.00. The van der Waals surface area contributed by atoms with E-state index in [4.69, 9.17) is 0 Å². The molecule has 0 aliphatic carbocycles. The second kappa shape index (κ2) is 11.0. The quantitative estimate of drug-likeness (QED) is 0.194. The summed E-state index contributed by atoms with van der Waals surface area (Å²) >= 11 is 0. The highest BCUT2D eigenvalue weighted by atomic mass is 31.0. The van der Waals surface area contributed by atoms with Gasteiger partial charge in [0.05, 0.1) is 10.9 Å². The van der Waals surface area contributed by atoms with Crippen LogP contribution in [-0.2, 0) is 0 Å². The maximum atomic E-state index is 3.69. The van der Waals surface area contributed by atoms with Crippen LogP contribution < -0.4 is 4.90 Å².